The van der Waals surface area contributed by atoms with Gasteiger partial charge in [-0.15, -0.1) is 0 Å². The van der Waals surface area contributed by atoms with Crippen molar-refractivity contribution in [2.45, 2.75) is 4.90 Å². The maximum absolute atomic E-state index is 14.1. The van der Waals surface area contributed by atoms with Gasteiger partial charge in [-0.3, -0.25) is 4.68 Å². The molecule has 0 bridgehead atoms. The molecule has 1 fully saturated rings. The standard InChI is InChI=1S/C27H28F2N8O2S/c1-35-12-14-37(15-13-35)22-6-4-21(5-7-22)31-27-30-18-19(26(33-27)32-25-9-11-36(2)34-25)10-16-40(38,39)24-8-3-20(28)17-23(24)29/h3-11,16-18H,12-15H2,1-2H3,(H2,30,31,32,33,34). The van der Waals surface area contributed by atoms with E-state index in [1.54, 1.807) is 24.0 Å². The van der Waals surface area contributed by atoms with Gasteiger partial charge in [0.25, 0.3) is 0 Å². The van der Waals surface area contributed by atoms with Crippen molar-refractivity contribution >= 4 is 44.9 Å². The van der Waals surface area contributed by atoms with E-state index in [4.69, 9.17) is 0 Å². The molecule has 2 N–H and O–H groups in total. The van der Waals surface area contributed by atoms with E-state index >= 15 is 0 Å². The van der Waals surface area contributed by atoms with E-state index in [1.807, 2.05) is 24.3 Å². The van der Waals surface area contributed by atoms with Gasteiger partial charge in [-0.05, 0) is 49.5 Å². The molecule has 1 aliphatic heterocycles. The highest BCUT2D eigenvalue weighted by Crippen LogP contribution is 2.25. The third-order valence-electron chi connectivity index (χ3n) is 6.40. The zero-order valence-electron chi connectivity index (χ0n) is 21.9. The summed E-state index contributed by atoms with van der Waals surface area (Å²) in [6.07, 6.45) is 4.42. The van der Waals surface area contributed by atoms with Crippen LogP contribution in [0.5, 0.6) is 0 Å². The summed E-state index contributed by atoms with van der Waals surface area (Å²) in [5.41, 5.74) is 2.23. The number of nitrogens with zero attached hydrogens (tertiary/aromatic N) is 6. The van der Waals surface area contributed by atoms with Crippen molar-refractivity contribution in [2.24, 2.45) is 7.05 Å². The molecule has 1 saturated heterocycles. The fraction of sp³-hybridized carbons (Fsp3) is 0.222. The van der Waals surface area contributed by atoms with Gasteiger partial charge in [0.1, 0.15) is 22.3 Å². The Kier molecular flexibility index (Phi) is 7.76. The number of sulfone groups is 1. The number of hydrogen-bond donors (Lipinski definition) is 2. The quantitative estimate of drug-likeness (QED) is 0.304. The van der Waals surface area contributed by atoms with Crippen molar-refractivity contribution in [1.29, 1.82) is 0 Å². The molecule has 5 rings (SSSR count). The van der Waals surface area contributed by atoms with Gasteiger partial charge >= 0.3 is 0 Å². The fourth-order valence-electron chi connectivity index (χ4n) is 4.17. The molecule has 0 aliphatic carbocycles. The topological polar surface area (TPSA) is 108 Å². The van der Waals surface area contributed by atoms with Gasteiger partial charge in [-0.1, -0.05) is 0 Å². The molecular formula is C27H28F2N8O2S. The average molecular weight is 567 g/mol. The smallest absolute Gasteiger partial charge is 0.229 e. The number of benzene rings is 2. The van der Waals surface area contributed by atoms with E-state index < -0.39 is 26.4 Å². The van der Waals surface area contributed by atoms with Crippen LogP contribution >= 0.6 is 0 Å². The second-order valence-electron chi connectivity index (χ2n) is 9.38. The molecule has 0 atom stereocenters. The number of likely N-dealkylation sites (N-methyl/N-ethyl adjacent to an activating group) is 1. The van der Waals surface area contributed by atoms with Gasteiger partial charge < -0.3 is 20.4 Å². The Morgan fingerprint density at radius 1 is 0.950 bits per heavy atom. The van der Waals surface area contributed by atoms with Crippen molar-refractivity contribution in [3.8, 4) is 0 Å². The summed E-state index contributed by atoms with van der Waals surface area (Å²) >= 11 is 0. The summed E-state index contributed by atoms with van der Waals surface area (Å²) in [5, 5.41) is 11.3. The number of rotatable bonds is 8. The predicted octanol–water partition coefficient (Wildman–Crippen LogP) is 4.17. The molecule has 0 saturated carbocycles. The highest BCUT2D eigenvalue weighted by molar-refractivity contribution is 7.94. The van der Waals surface area contributed by atoms with Crippen LogP contribution in [0, 0.1) is 11.6 Å². The fourth-order valence-corrected chi connectivity index (χ4v) is 5.23. The first-order chi connectivity index (χ1) is 19.2. The second-order valence-corrected chi connectivity index (χ2v) is 11.2. The normalized spacial score (nSPS) is 14.6. The zero-order valence-corrected chi connectivity index (χ0v) is 22.7. The van der Waals surface area contributed by atoms with Crippen LogP contribution in [-0.2, 0) is 16.9 Å². The molecule has 40 heavy (non-hydrogen) atoms. The van der Waals surface area contributed by atoms with Crippen molar-refractivity contribution in [1.82, 2.24) is 24.6 Å². The first-order valence-electron chi connectivity index (χ1n) is 12.5. The van der Waals surface area contributed by atoms with Gasteiger partial charge in [0, 0.05) is 80.1 Å². The highest BCUT2D eigenvalue weighted by atomic mass is 32.2. The minimum Gasteiger partial charge on any atom is -0.369 e. The van der Waals surface area contributed by atoms with Crippen LogP contribution in [0.4, 0.5) is 37.7 Å². The largest absolute Gasteiger partial charge is 0.369 e. The first-order valence-corrected chi connectivity index (χ1v) is 14.0. The lowest BCUT2D eigenvalue weighted by molar-refractivity contribution is 0.313. The van der Waals surface area contributed by atoms with Gasteiger partial charge in [0.05, 0.1) is 0 Å². The minimum atomic E-state index is -4.21. The molecule has 0 radical (unpaired) electrons. The summed E-state index contributed by atoms with van der Waals surface area (Å²) in [4.78, 5) is 12.9. The molecule has 0 amide bonds. The SMILES string of the molecule is CN1CCN(c2ccc(Nc3ncc(C=CS(=O)(=O)c4ccc(F)cc4F)c(Nc4ccn(C)n4)n3)cc2)CC1. The Labute approximate surface area is 230 Å². The molecule has 2 aromatic heterocycles. The molecule has 2 aromatic carbocycles. The Morgan fingerprint density at radius 3 is 2.38 bits per heavy atom. The zero-order chi connectivity index (χ0) is 28.3. The van der Waals surface area contributed by atoms with Crippen molar-refractivity contribution < 1.29 is 17.2 Å². The van der Waals surface area contributed by atoms with Crippen molar-refractivity contribution in [3.05, 3.63) is 83.5 Å². The van der Waals surface area contributed by atoms with Crippen molar-refractivity contribution in [2.75, 3.05) is 48.8 Å². The lowest BCUT2D eigenvalue weighted by Crippen LogP contribution is -2.44. The molecule has 3 heterocycles. The van der Waals surface area contributed by atoms with Crippen LogP contribution in [0.2, 0.25) is 0 Å². The minimum absolute atomic E-state index is 0.273. The molecule has 1 aliphatic rings. The maximum atomic E-state index is 14.1. The molecule has 208 valence electrons. The van der Waals surface area contributed by atoms with Gasteiger partial charge in [-0.2, -0.15) is 10.1 Å². The molecule has 0 spiro atoms. The average Bonchev–Trinajstić information content (AvgIpc) is 3.33. The molecule has 0 unspecified atom stereocenters. The van der Waals surface area contributed by atoms with Gasteiger partial charge in [0.15, 0.2) is 5.82 Å². The van der Waals surface area contributed by atoms with Gasteiger partial charge in [-0.25, -0.2) is 22.2 Å². The molecule has 4 aromatic rings. The van der Waals surface area contributed by atoms with E-state index in [9.17, 15) is 17.2 Å². The van der Waals surface area contributed by atoms with E-state index in [0.29, 0.717) is 17.4 Å². The number of hydrogen-bond acceptors (Lipinski definition) is 9. The lowest BCUT2D eigenvalue weighted by Gasteiger charge is -2.34. The van der Waals surface area contributed by atoms with Crippen LogP contribution < -0.4 is 15.5 Å². The maximum Gasteiger partial charge on any atom is 0.229 e. The Morgan fingerprint density at radius 2 is 1.70 bits per heavy atom. The third-order valence-corrected chi connectivity index (χ3v) is 7.83. The van der Waals surface area contributed by atoms with Crippen LogP contribution in [0.15, 0.2) is 71.2 Å². The Balaban J connectivity index is 1.39. The predicted molar refractivity (Wildman–Crippen MR) is 151 cm³/mol. The van der Waals surface area contributed by atoms with E-state index in [1.165, 1.54) is 12.3 Å². The molecule has 13 heteroatoms. The summed E-state index contributed by atoms with van der Waals surface area (Å²) < 4.78 is 54.5. The third kappa shape index (κ3) is 6.43. The highest BCUT2D eigenvalue weighted by Gasteiger charge is 2.18. The number of anilines is 5. The van der Waals surface area contributed by atoms with Crippen LogP contribution in [-0.4, -0.2) is 66.3 Å². The second kappa shape index (κ2) is 11.4. The number of aromatic nitrogens is 4. The van der Waals surface area contributed by atoms with E-state index in [2.05, 4.69) is 42.5 Å². The number of aryl methyl sites for hydroxylation is 1. The van der Waals surface area contributed by atoms with Crippen LogP contribution in [0.25, 0.3) is 6.08 Å². The number of piperazine rings is 1. The first kappa shape index (κ1) is 27.2. The summed E-state index contributed by atoms with van der Waals surface area (Å²) in [7, 11) is -0.338. The number of nitrogens with one attached hydrogen (secondary N) is 2. The van der Waals surface area contributed by atoms with Gasteiger partial charge in [0.2, 0.25) is 15.8 Å². The Bertz CT molecular complexity index is 1630. The Hall–Kier alpha value is -4.36. The monoisotopic (exact) mass is 566 g/mol. The van der Waals surface area contributed by atoms with E-state index in [-0.39, 0.29) is 11.8 Å². The van der Waals surface area contributed by atoms with Crippen molar-refractivity contribution in [3.63, 3.8) is 0 Å². The lowest BCUT2D eigenvalue weighted by atomic mass is 10.2. The van der Waals surface area contributed by atoms with E-state index in [0.717, 1.165) is 55.1 Å². The molecule has 10 nitrogen and oxygen atoms in total. The summed E-state index contributed by atoms with van der Waals surface area (Å²) in [6.45, 7) is 3.96. The van der Waals surface area contributed by atoms with Crippen LogP contribution in [0.1, 0.15) is 5.56 Å². The molecular weight excluding hydrogens is 538 g/mol. The summed E-state index contributed by atoms with van der Waals surface area (Å²) in [6, 6.07) is 12.0. The van der Waals surface area contributed by atoms with Crippen LogP contribution in [0.3, 0.4) is 0 Å². The summed E-state index contributed by atoms with van der Waals surface area (Å²) in [5.74, 6) is -1.02. The number of halogens is 2.